The fourth-order valence-electron chi connectivity index (χ4n) is 2.46. The normalized spacial score (nSPS) is 12.5. The van der Waals surface area contributed by atoms with E-state index in [1.807, 2.05) is 32.0 Å². The predicted octanol–water partition coefficient (Wildman–Crippen LogP) is 2.73. The summed E-state index contributed by atoms with van der Waals surface area (Å²) in [6, 6.07) is 13.7. The van der Waals surface area contributed by atoms with Gasteiger partial charge in [0, 0.05) is 31.9 Å². The molecular formula is C18H24N2O2. The van der Waals surface area contributed by atoms with Crippen molar-refractivity contribution >= 4 is 0 Å². The highest BCUT2D eigenvalue weighted by atomic mass is 16.3. The van der Waals surface area contributed by atoms with Gasteiger partial charge in [0.1, 0.15) is 5.75 Å². The summed E-state index contributed by atoms with van der Waals surface area (Å²) >= 11 is 0. The van der Waals surface area contributed by atoms with Gasteiger partial charge in [-0.25, -0.2) is 0 Å². The van der Waals surface area contributed by atoms with Crippen LogP contribution in [0.2, 0.25) is 0 Å². The average molecular weight is 300 g/mol. The first kappa shape index (κ1) is 16.5. The zero-order valence-corrected chi connectivity index (χ0v) is 13.2. The largest absolute Gasteiger partial charge is 0.506 e. The maximum Gasteiger partial charge on any atom is 0.138 e. The molecule has 0 saturated carbocycles. The maximum absolute atomic E-state index is 10.0. The van der Waals surface area contributed by atoms with Crippen molar-refractivity contribution in [2.24, 2.45) is 5.92 Å². The van der Waals surface area contributed by atoms with Crippen LogP contribution in [0.1, 0.15) is 23.9 Å². The molecule has 22 heavy (non-hydrogen) atoms. The lowest BCUT2D eigenvalue weighted by Gasteiger charge is -2.25. The standard InChI is InChI=1S/C18H24N2O2/c1-14(13-21)10-20(11-16-6-4-3-5-7-16)12-17-18(22)9-8-15(2)19-17/h3-9,14,21-22H,10-13H2,1-2H3/t14-/m0/s1. The maximum atomic E-state index is 10.0. The molecule has 2 rings (SSSR count). The van der Waals surface area contributed by atoms with Gasteiger partial charge in [0.15, 0.2) is 0 Å². The summed E-state index contributed by atoms with van der Waals surface area (Å²) in [5.74, 6) is 0.399. The van der Waals surface area contributed by atoms with E-state index >= 15 is 0 Å². The van der Waals surface area contributed by atoms with Gasteiger partial charge in [0.2, 0.25) is 0 Å². The highest BCUT2D eigenvalue weighted by Crippen LogP contribution is 2.19. The van der Waals surface area contributed by atoms with Crippen LogP contribution in [0.25, 0.3) is 0 Å². The van der Waals surface area contributed by atoms with Crippen LogP contribution in [0.15, 0.2) is 42.5 Å². The highest BCUT2D eigenvalue weighted by Gasteiger charge is 2.14. The third-order valence-corrected chi connectivity index (χ3v) is 3.59. The monoisotopic (exact) mass is 300 g/mol. The number of aryl methyl sites for hydroxylation is 1. The molecule has 1 heterocycles. The van der Waals surface area contributed by atoms with Crippen LogP contribution in [0.3, 0.4) is 0 Å². The van der Waals surface area contributed by atoms with Crippen molar-refractivity contribution in [3.05, 3.63) is 59.4 Å². The molecule has 2 N–H and O–H groups in total. The molecule has 0 fully saturated rings. The van der Waals surface area contributed by atoms with Gasteiger partial charge in [-0.3, -0.25) is 9.88 Å². The fraction of sp³-hybridized carbons (Fsp3) is 0.389. The van der Waals surface area contributed by atoms with Gasteiger partial charge in [0.25, 0.3) is 0 Å². The number of pyridine rings is 1. The second-order valence-corrected chi connectivity index (χ2v) is 5.86. The molecule has 0 aliphatic heterocycles. The zero-order valence-electron chi connectivity index (χ0n) is 13.2. The van der Waals surface area contributed by atoms with Crippen molar-refractivity contribution < 1.29 is 10.2 Å². The van der Waals surface area contributed by atoms with Crippen LogP contribution in [-0.4, -0.2) is 33.2 Å². The minimum atomic E-state index is 0.151. The molecule has 0 bridgehead atoms. The molecule has 0 amide bonds. The summed E-state index contributed by atoms with van der Waals surface area (Å²) < 4.78 is 0. The minimum absolute atomic E-state index is 0.151. The van der Waals surface area contributed by atoms with Gasteiger partial charge < -0.3 is 10.2 Å². The number of hydrogen-bond acceptors (Lipinski definition) is 4. The van der Waals surface area contributed by atoms with E-state index in [1.54, 1.807) is 12.1 Å². The third kappa shape index (κ3) is 4.83. The molecule has 2 aromatic rings. The molecule has 0 aliphatic rings. The number of hydrogen-bond donors (Lipinski definition) is 2. The number of nitrogens with zero attached hydrogens (tertiary/aromatic N) is 2. The number of rotatable bonds is 7. The van der Waals surface area contributed by atoms with Gasteiger partial charge in [-0.15, -0.1) is 0 Å². The molecule has 0 unspecified atom stereocenters. The van der Waals surface area contributed by atoms with Gasteiger partial charge in [-0.1, -0.05) is 37.3 Å². The molecule has 0 radical (unpaired) electrons. The molecule has 0 aliphatic carbocycles. The van der Waals surface area contributed by atoms with E-state index < -0.39 is 0 Å². The Balaban J connectivity index is 2.15. The summed E-state index contributed by atoms with van der Waals surface area (Å²) in [4.78, 5) is 6.64. The van der Waals surface area contributed by atoms with E-state index in [-0.39, 0.29) is 18.3 Å². The Hall–Kier alpha value is -1.91. The first-order chi connectivity index (χ1) is 10.6. The highest BCUT2D eigenvalue weighted by molar-refractivity contribution is 5.27. The summed E-state index contributed by atoms with van der Waals surface area (Å²) in [5, 5.41) is 19.3. The first-order valence-corrected chi connectivity index (χ1v) is 7.61. The van der Waals surface area contributed by atoms with Gasteiger partial charge in [0.05, 0.1) is 5.69 Å². The number of aromatic nitrogens is 1. The van der Waals surface area contributed by atoms with E-state index in [1.165, 1.54) is 5.56 Å². The second kappa shape index (κ2) is 7.92. The first-order valence-electron chi connectivity index (χ1n) is 7.61. The molecule has 1 aromatic carbocycles. The summed E-state index contributed by atoms with van der Waals surface area (Å²) in [6.07, 6.45) is 0. The Labute approximate surface area is 132 Å². The molecule has 0 saturated heterocycles. The fourth-order valence-corrected chi connectivity index (χ4v) is 2.46. The zero-order chi connectivity index (χ0) is 15.9. The van der Waals surface area contributed by atoms with Crippen LogP contribution >= 0.6 is 0 Å². The Bertz CT molecular complexity index is 587. The summed E-state index contributed by atoms with van der Waals surface area (Å²) in [5.41, 5.74) is 2.78. The Morgan fingerprint density at radius 3 is 2.50 bits per heavy atom. The average Bonchev–Trinajstić information content (AvgIpc) is 2.51. The van der Waals surface area contributed by atoms with Crippen molar-refractivity contribution in [3.63, 3.8) is 0 Å². The SMILES string of the molecule is Cc1ccc(O)c(CN(Cc2ccccc2)C[C@H](C)CO)n1. The Morgan fingerprint density at radius 1 is 1.09 bits per heavy atom. The molecule has 0 spiro atoms. The summed E-state index contributed by atoms with van der Waals surface area (Å²) in [7, 11) is 0. The Morgan fingerprint density at radius 2 is 1.82 bits per heavy atom. The van der Waals surface area contributed by atoms with E-state index in [0.717, 1.165) is 18.8 Å². The number of aliphatic hydroxyl groups excluding tert-OH is 1. The van der Waals surface area contributed by atoms with Crippen molar-refractivity contribution in [1.29, 1.82) is 0 Å². The number of benzene rings is 1. The van der Waals surface area contributed by atoms with Crippen LogP contribution in [0, 0.1) is 12.8 Å². The van der Waals surface area contributed by atoms with Crippen LogP contribution in [0.5, 0.6) is 5.75 Å². The minimum Gasteiger partial charge on any atom is -0.506 e. The van der Waals surface area contributed by atoms with Crippen molar-refractivity contribution in [2.75, 3.05) is 13.2 Å². The van der Waals surface area contributed by atoms with Crippen molar-refractivity contribution in [2.45, 2.75) is 26.9 Å². The molecule has 1 atom stereocenters. The van der Waals surface area contributed by atoms with Crippen LogP contribution in [0.4, 0.5) is 0 Å². The van der Waals surface area contributed by atoms with Gasteiger partial charge >= 0.3 is 0 Å². The lowest BCUT2D eigenvalue weighted by molar-refractivity contribution is 0.161. The molecule has 4 nitrogen and oxygen atoms in total. The lowest BCUT2D eigenvalue weighted by atomic mass is 10.1. The van der Waals surface area contributed by atoms with E-state index in [4.69, 9.17) is 0 Å². The summed E-state index contributed by atoms with van der Waals surface area (Å²) in [6.45, 7) is 6.16. The predicted molar refractivity (Wildman–Crippen MR) is 87.4 cm³/mol. The van der Waals surface area contributed by atoms with Crippen LogP contribution < -0.4 is 0 Å². The van der Waals surface area contributed by atoms with Gasteiger partial charge in [-0.05, 0) is 30.5 Å². The van der Waals surface area contributed by atoms with Crippen LogP contribution in [-0.2, 0) is 13.1 Å². The third-order valence-electron chi connectivity index (χ3n) is 3.59. The molecule has 118 valence electrons. The molecule has 4 heteroatoms. The number of aliphatic hydroxyl groups is 1. The van der Waals surface area contributed by atoms with E-state index in [0.29, 0.717) is 12.2 Å². The topological polar surface area (TPSA) is 56.6 Å². The lowest BCUT2D eigenvalue weighted by Crippen LogP contribution is -2.29. The molecule has 1 aromatic heterocycles. The quantitative estimate of drug-likeness (QED) is 0.825. The smallest absolute Gasteiger partial charge is 0.138 e. The molecular weight excluding hydrogens is 276 g/mol. The van der Waals surface area contributed by atoms with Crippen molar-refractivity contribution in [1.82, 2.24) is 9.88 Å². The van der Waals surface area contributed by atoms with E-state index in [2.05, 4.69) is 22.0 Å². The van der Waals surface area contributed by atoms with E-state index in [9.17, 15) is 10.2 Å². The number of aromatic hydroxyl groups is 1. The second-order valence-electron chi connectivity index (χ2n) is 5.86. The Kier molecular flexibility index (Phi) is 5.92. The van der Waals surface area contributed by atoms with Gasteiger partial charge in [-0.2, -0.15) is 0 Å². The van der Waals surface area contributed by atoms with Crippen molar-refractivity contribution in [3.8, 4) is 5.75 Å².